The number of fused-ring (bicyclic) bond motifs is 1. The molecule has 4 aromatic rings. The third kappa shape index (κ3) is 3.37. The third-order valence-corrected chi connectivity index (χ3v) is 4.13. The highest BCUT2D eigenvalue weighted by atomic mass is 19.1. The van der Waals surface area contributed by atoms with Crippen LogP contribution in [0.25, 0.3) is 22.4 Å². The molecule has 0 aliphatic carbocycles. The summed E-state index contributed by atoms with van der Waals surface area (Å²) in [5, 5.41) is 19.9. The van der Waals surface area contributed by atoms with E-state index in [1.165, 1.54) is 18.2 Å². The second-order valence-electron chi connectivity index (χ2n) is 6.12. The maximum atomic E-state index is 13.3. The van der Waals surface area contributed by atoms with Gasteiger partial charge in [-0.1, -0.05) is 24.3 Å². The monoisotopic (exact) mass is 378 g/mol. The van der Waals surface area contributed by atoms with Gasteiger partial charge in [-0.3, -0.25) is 5.10 Å². The molecule has 2 aromatic heterocycles. The highest BCUT2D eigenvalue weighted by molar-refractivity contribution is 6.05. The number of carboxylic acids is 1. The van der Waals surface area contributed by atoms with Gasteiger partial charge in [0.25, 0.3) is 0 Å². The summed E-state index contributed by atoms with van der Waals surface area (Å²) in [5.41, 5.74) is 1.67. The molecule has 0 unspecified atom stereocenters. The molecule has 4 rings (SSSR count). The molecule has 0 aliphatic heterocycles. The first-order valence-electron chi connectivity index (χ1n) is 8.43. The van der Waals surface area contributed by atoms with E-state index >= 15 is 0 Å². The summed E-state index contributed by atoms with van der Waals surface area (Å²) in [6.45, 7) is 2.06. The summed E-state index contributed by atoms with van der Waals surface area (Å²) in [5.74, 6) is -0.245. The van der Waals surface area contributed by atoms with Crippen LogP contribution in [0.4, 0.5) is 10.3 Å². The van der Waals surface area contributed by atoms with E-state index in [1.807, 2.05) is 0 Å². The van der Waals surface area contributed by atoms with Crippen LogP contribution in [0.3, 0.4) is 0 Å². The Hall–Kier alpha value is -3.88. The second-order valence-corrected chi connectivity index (χ2v) is 6.12. The van der Waals surface area contributed by atoms with E-state index in [0.717, 1.165) is 5.56 Å². The number of aryl methyl sites for hydroxylation is 1. The van der Waals surface area contributed by atoms with Gasteiger partial charge in [-0.2, -0.15) is 15.1 Å². The lowest BCUT2D eigenvalue weighted by Gasteiger charge is -2.07. The largest absolute Gasteiger partial charge is 0.478 e. The number of hydrogen-bond acceptors (Lipinski definition) is 6. The first-order chi connectivity index (χ1) is 13.5. The summed E-state index contributed by atoms with van der Waals surface area (Å²) in [7, 11) is 0. The number of para-hydroxylation sites is 1. The van der Waals surface area contributed by atoms with Crippen molar-refractivity contribution in [3.8, 4) is 11.5 Å². The summed E-state index contributed by atoms with van der Waals surface area (Å²) in [4.78, 5) is 24.4. The molecule has 0 aliphatic rings. The number of halogens is 1. The molecule has 0 saturated carbocycles. The van der Waals surface area contributed by atoms with Crippen molar-refractivity contribution in [2.45, 2.75) is 13.5 Å². The van der Waals surface area contributed by atoms with Crippen LogP contribution in [-0.2, 0) is 6.54 Å². The minimum Gasteiger partial charge on any atom is -0.478 e. The van der Waals surface area contributed by atoms with Crippen molar-refractivity contribution < 1.29 is 14.3 Å². The summed E-state index contributed by atoms with van der Waals surface area (Å²) >= 11 is 0. The third-order valence-electron chi connectivity index (χ3n) is 4.13. The molecule has 140 valence electrons. The molecule has 2 heterocycles. The van der Waals surface area contributed by atoms with Crippen molar-refractivity contribution in [3.63, 3.8) is 0 Å². The second kappa shape index (κ2) is 7.03. The fraction of sp³-hybridized carbons (Fsp3) is 0.105. The Labute approximate surface area is 158 Å². The fourth-order valence-electron chi connectivity index (χ4n) is 2.88. The standard InChI is InChI=1S/C19H15FN6O2/c1-10-22-17(16-13-6-3-7-14(18(27)28)15(13)25-26-16)24-19(23-10)21-9-11-4-2-5-12(20)8-11/h2-8H,9H2,1H3,(H,25,26)(H,27,28)(H,21,22,23,24). The lowest BCUT2D eigenvalue weighted by molar-refractivity contribution is 0.0699. The van der Waals surface area contributed by atoms with Crippen LogP contribution in [0.1, 0.15) is 21.7 Å². The molecule has 0 fully saturated rings. The summed E-state index contributed by atoms with van der Waals surface area (Å²) in [6, 6.07) is 11.1. The van der Waals surface area contributed by atoms with Crippen LogP contribution < -0.4 is 5.32 Å². The molecule has 0 amide bonds. The molecule has 0 atom stereocenters. The predicted octanol–water partition coefficient (Wildman–Crippen LogP) is 3.17. The smallest absolute Gasteiger partial charge is 0.337 e. The minimum absolute atomic E-state index is 0.0928. The number of anilines is 1. The zero-order valence-electron chi connectivity index (χ0n) is 14.8. The molecule has 8 nitrogen and oxygen atoms in total. The number of benzene rings is 2. The Morgan fingerprint density at radius 3 is 2.79 bits per heavy atom. The van der Waals surface area contributed by atoms with Crippen LogP contribution in [0.2, 0.25) is 0 Å². The van der Waals surface area contributed by atoms with E-state index in [9.17, 15) is 14.3 Å². The Morgan fingerprint density at radius 1 is 1.18 bits per heavy atom. The van der Waals surface area contributed by atoms with E-state index in [0.29, 0.717) is 40.7 Å². The maximum absolute atomic E-state index is 13.3. The van der Waals surface area contributed by atoms with Crippen LogP contribution in [0.5, 0.6) is 0 Å². The van der Waals surface area contributed by atoms with Crippen LogP contribution >= 0.6 is 0 Å². The number of carbonyl (C=O) groups is 1. The van der Waals surface area contributed by atoms with Gasteiger partial charge in [0.1, 0.15) is 22.9 Å². The highest BCUT2D eigenvalue weighted by Crippen LogP contribution is 2.26. The number of carboxylic acid groups (broad SMARTS) is 1. The summed E-state index contributed by atoms with van der Waals surface area (Å²) < 4.78 is 13.3. The van der Waals surface area contributed by atoms with Crippen molar-refractivity contribution in [2.24, 2.45) is 0 Å². The number of H-pyrrole nitrogens is 1. The van der Waals surface area contributed by atoms with Gasteiger partial charge in [0.15, 0.2) is 5.82 Å². The predicted molar refractivity (Wildman–Crippen MR) is 100 cm³/mol. The lowest BCUT2D eigenvalue weighted by atomic mass is 10.1. The van der Waals surface area contributed by atoms with Crippen LogP contribution in [-0.4, -0.2) is 36.2 Å². The normalized spacial score (nSPS) is 10.9. The van der Waals surface area contributed by atoms with E-state index < -0.39 is 5.97 Å². The highest BCUT2D eigenvalue weighted by Gasteiger charge is 2.17. The number of aromatic nitrogens is 5. The van der Waals surface area contributed by atoms with Crippen LogP contribution in [0.15, 0.2) is 42.5 Å². The van der Waals surface area contributed by atoms with Crippen molar-refractivity contribution in [3.05, 3.63) is 65.2 Å². The van der Waals surface area contributed by atoms with Gasteiger partial charge in [-0.25, -0.2) is 14.2 Å². The van der Waals surface area contributed by atoms with Crippen molar-refractivity contribution in [1.82, 2.24) is 25.1 Å². The summed E-state index contributed by atoms with van der Waals surface area (Å²) in [6.07, 6.45) is 0. The van der Waals surface area contributed by atoms with Crippen molar-refractivity contribution >= 4 is 22.8 Å². The molecule has 0 spiro atoms. The van der Waals surface area contributed by atoms with E-state index in [-0.39, 0.29) is 11.4 Å². The molecule has 3 N–H and O–H groups in total. The minimum atomic E-state index is -1.06. The number of aromatic amines is 1. The Bertz CT molecular complexity index is 1190. The molecule has 0 radical (unpaired) electrons. The molecule has 28 heavy (non-hydrogen) atoms. The lowest BCUT2D eigenvalue weighted by Crippen LogP contribution is -2.07. The van der Waals surface area contributed by atoms with E-state index in [1.54, 1.807) is 31.2 Å². The fourth-order valence-corrected chi connectivity index (χ4v) is 2.88. The SMILES string of the molecule is Cc1nc(NCc2cccc(F)c2)nc(-c2[nH]nc3c(C(=O)O)cccc23)n1. The van der Waals surface area contributed by atoms with Crippen LogP contribution in [0, 0.1) is 12.7 Å². The first kappa shape index (κ1) is 17.5. The molecular weight excluding hydrogens is 363 g/mol. The molecule has 0 saturated heterocycles. The number of rotatable bonds is 5. The number of nitrogens with zero attached hydrogens (tertiary/aromatic N) is 4. The molecular formula is C19H15FN6O2. The Morgan fingerprint density at radius 2 is 2.00 bits per heavy atom. The number of nitrogens with one attached hydrogen (secondary N) is 2. The van der Waals surface area contributed by atoms with Gasteiger partial charge in [-0.15, -0.1) is 0 Å². The molecule has 9 heteroatoms. The zero-order chi connectivity index (χ0) is 19.7. The average molecular weight is 378 g/mol. The van der Waals surface area contributed by atoms with Gasteiger partial charge in [0, 0.05) is 11.9 Å². The number of hydrogen-bond donors (Lipinski definition) is 3. The quantitative estimate of drug-likeness (QED) is 0.488. The van der Waals surface area contributed by atoms with E-state index in [4.69, 9.17) is 0 Å². The van der Waals surface area contributed by atoms with Gasteiger partial charge in [0.05, 0.1) is 5.56 Å². The average Bonchev–Trinajstić information content (AvgIpc) is 3.10. The van der Waals surface area contributed by atoms with Gasteiger partial charge < -0.3 is 10.4 Å². The van der Waals surface area contributed by atoms with Gasteiger partial charge in [0.2, 0.25) is 5.95 Å². The number of aromatic carboxylic acids is 1. The van der Waals surface area contributed by atoms with Gasteiger partial charge >= 0.3 is 5.97 Å². The van der Waals surface area contributed by atoms with Crippen molar-refractivity contribution in [2.75, 3.05) is 5.32 Å². The van der Waals surface area contributed by atoms with Gasteiger partial charge in [-0.05, 0) is 30.7 Å². The molecule has 0 bridgehead atoms. The first-order valence-corrected chi connectivity index (χ1v) is 8.43. The van der Waals surface area contributed by atoms with E-state index in [2.05, 4.69) is 30.5 Å². The zero-order valence-corrected chi connectivity index (χ0v) is 14.8. The van der Waals surface area contributed by atoms with Crippen molar-refractivity contribution in [1.29, 1.82) is 0 Å². The Balaban J connectivity index is 1.68. The Kier molecular flexibility index (Phi) is 4.40. The molecule has 2 aromatic carbocycles. The maximum Gasteiger partial charge on any atom is 0.337 e. The topological polar surface area (TPSA) is 117 Å².